The lowest BCUT2D eigenvalue weighted by Crippen LogP contribution is -2.32. The van der Waals surface area contributed by atoms with Crippen molar-refractivity contribution >= 4 is 5.97 Å². The van der Waals surface area contributed by atoms with Crippen LogP contribution in [0.4, 0.5) is 4.39 Å². The second-order valence-electron chi connectivity index (χ2n) is 3.89. The van der Waals surface area contributed by atoms with Crippen LogP contribution < -0.4 is 5.73 Å². The number of carboxylic acids is 1. The fourth-order valence-corrected chi connectivity index (χ4v) is 1.63. The van der Waals surface area contributed by atoms with Gasteiger partial charge >= 0.3 is 5.97 Å². The van der Waals surface area contributed by atoms with E-state index in [0.29, 0.717) is 12.8 Å². The van der Waals surface area contributed by atoms with Crippen molar-refractivity contribution in [2.24, 2.45) is 5.73 Å². The van der Waals surface area contributed by atoms with Gasteiger partial charge in [0.25, 0.3) is 0 Å². The molecule has 0 amide bonds. The predicted octanol–water partition coefficient (Wildman–Crippen LogP) is 1.25. The molecule has 0 aliphatic carbocycles. The smallest absolute Gasteiger partial charge is 0.320 e. The Kier molecular flexibility index (Phi) is 4.90. The number of aryl methyl sites for hydroxylation is 1. The zero-order valence-electron chi connectivity index (χ0n) is 9.40. The average Bonchev–Trinajstić information content (AvgIpc) is 2.29. The van der Waals surface area contributed by atoms with Crippen molar-refractivity contribution < 1.29 is 19.4 Å². The lowest BCUT2D eigenvalue weighted by atomic mass is 9.97. The Morgan fingerprint density at radius 1 is 1.41 bits per heavy atom. The van der Waals surface area contributed by atoms with Gasteiger partial charge in [-0.3, -0.25) is 9.18 Å². The number of carboxylic acid groups (broad SMARTS) is 1. The molecule has 0 aromatic heterocycles. The lowest BCUT2D eigenvalue weighted by molar-refractivity contribution is -0.138. The molecular formula is C12H16FNO3. The molecule has 17 heavy (non-hydrogen) atoms. The monoisotopic (exact) mass is 241 g/mol. The molecule has 0 saturated carbocycles. The van der Waals surface area contributed by atoms with E-state index in [2.05, 4.69) is 0 Å². The molecule has 5 heteroatoms. The van der Waals surface area contributed by atoms with Crippen LogP contribution in [0, 0.1) is 0 Å². The maximum absolute atomic E-state index is 12.1. The van der Waals surface area contributed by atoms with Crippen LogP contribution in [-0.4, -0.2) is 28.9 Å². The van der Waals surface area contributed by atoms with Crippen molar-refractivity contribution in [2.45, 2.75) is 25.3 Å². The van der Waals surface area contributed by atoms with Crippen LogP contribution in [0.15, 0.2) is 18.2 Å². The van der Waals surface area contributed by atoms with Crippen LogP contribution in [0.3, 0.4) is 0 Å². The highest BCUT2D eigenvalue weighted by atomic mass is 19.1. The number of nitrogens with two attached hydrogens (primary N) is 1. The third kappa shape index (κ3) is 4.03. The van der Waals surface area contributed by atoms with Gasteiger partial charge in [0.1, 0.15) is 11.8 Å². The topological polar surface area (TPSA) is 83.5 Å². The van der Waals surface area contributed by atoms with Gasteiger partial charge < -0.3 is 15.9 Å². The summed E-state index contributed by atoms with van der Waals surface area (Å²) in [6.07, 6.45) is 0.989. The van der Waals surface area contributed by atoms with Crippen molar-refractivity contribution in [1.29, 1.82) is 0 Å². The number of aromatic hydroxyl groups is 1. The molecule has 1 aromatic carbocycles. The van der Waals surface area contributed by atoms with Gasteiger partial charge in [-0.15, -0.1) is 0 Å². The van der Waals surface area contributed by atoms with Crippen molar-refractivity contribution in [3.05, 3.63) is 29.3 Å². The number of carbonyl (C=O) groups is 1. The molecule has 0 saturated heterocycles. The number of aliphatic carboxylic acids is 1. The Labute approximate surface area is 98.9 Å². The summed E-state index contributed by atoms with van der Waals surface area (Å²) in [5, 5.41) is 18.1. The molecule has 1 atom stereocenters. The molecule has 0 unspecified atom stereocenters. The number of phenols is 1. The second-order valence-corrected chi connectivity index (χ2v) is 3.89. The summed E-state index contributed by atoms with van der Waals surface area (Å²) in [5.41, 5.74) is 6.94. The van der Waals surface area contributed by atoms with E-state index in [1.807, 2.05) is 0 Å². The summed E-state index contributed by atoms with van der Waals surface area (Å²) in [4.78, 5) is 10.7. The third-order valence-corrected chi connectivity index (χ3v) is 2.53. The number of phenolic OH excluding ortho intramolecular Hbond substituents is 1. The van der Waals surface area contributed by atoms with Crippen LogP contribution >= 0.6 is 0 Å². The molecule has 0 heterocycles. The first-order valence-corrected chi connectivity index (χ1v) is 5.39. The van der Waals surface area contributed by atoms with E-state index in [9.17, 15) is 14.3 Å². The zero-order chi connectivity index (χ0) is 12.8. The number of halogens is 1. The van der Waals surface area contributed by atoms with Crippen molar-refractivity contribution in [1.82, 2.24) is 0 Å². The van der Waals surface area contributed by atoms with Gasteiger partial charge in [0.05, 0.1) is 6.67 Å². The average molecular weight is 241 g/mol. The number of rotatable bonds is 6. The Morgan fingerprint density at radius 2 is 2.12 bits per heavy atom. The minimum Gasteiger partial charge on any atom is -0.508 e. The number of benzene rings is 1. The summed E-state index contributed by atoms with van der Waals surface area (Å²) >= 11 is 0. The minimum absolute atomic E-state index is 0.0894. The molecule has 4 nitrogen and oxygen atoms in total. The molecule has 1 aromatic rings. The molecule has 1 rings (SSSR count). The van der Waals surface area contributed by atoms with E-state index in [1.165, 1.54) is 12.1 Å². The largest absolute Gasteiger partial charge is 0.508 e. The Morgan fingerprint density at radius 3 is 2.71 bits per heavy atom. The summed E-state index contributed by atoms with van der Waals surface area (Å²) in [6, 6.07) is 3.65. The maximum Gasteiger partial charge on any atom is 0.320 e. The normalized spacial score (nSPS) is 12.4. The molecule has 0 fully saturated rings. The molecule has 0 spiro atoms. The SMILES string of the molecule is N[C@@H](Cc1ccc(O)cc1CCCF)C(=O)O. The first-order valence-electron chi connectivity index (χ1n) is 5.39. The van der Waals surface area contributed by atoms with E-state index >= 15 is 0 Å². The molecule has 0 bridgehead atoms. The second kappa shape index (κ2) is 6.20. The molecule has 4 N–H and O–H groups in total. The first-order chi connectivity index (χ1) is 8.04. The van der Waals surface area contributed by atoms with Crippen LogP contribution in [0.2, 0.25) is 0 Å². The van der Waals surface area contributed by atoms with Gasteiger partial charge in [0, 0.05) is 0 Å². The van der Waals surface area contributed by atoms with Crippen molar-refractivity contribution in [3.8, 4) is 5.75 Å². The fourth-order valence-electron chi connectivity index (χ4n) is 1.63. The van der Waals surface area contributed by atoms with Gasteiger partial charge in [0.2, 0.25) is 0 Å². The van der Waals surface area contributed by atoms with Crippen LogP contribution in [-0.2, 0) is 17.6 Å². The first kappa shape index (κ1) is 13.4. The maximum atomic E-state index is 12.1. The quantitative estimate of drug-likeness (QED) is 0.699. The molecule has 94 valence electrons. The summed E-state index contributed by atoms with van der Waals surface area (Å²) in [5.74, 6) is -0.985. The van der Waals surface area contributed by atoms with E-state index in [4.69, 9.17) is 10.8 Å². The minimum atomic E-state index is -1.07. The highest BCUT2D eigenvalue weighted by Gasteiger charge is 2.14. The predicted molar refractivity (Wildman–Crippen MR) is 61.7 cm³/mol. The van der Waals surface area contributed by atoms with Gasteiger partial charge in [0.15, 0.2) is 0 Å². The Hall–Kier alpha value is -1.62. The molecule has 0 radical (unpaired) electrons. The van der Waals surface area contributed by atoms with Gasteiger partial charge in [-0.25, -0.2) is 0 Å². The van der Waals surface area contributed by atoms with E-state index in [1.54, 1.807) is 6.07 Å². The third-order valence-electron chi connectivity index (χ3n) is 2.53. The van der Waals surface area contributed by atoms with Gasteiger partial charge in [-0.05, 0) is 42.5 Å². The van der Waals surface area contributed by atoms with Crippen molar-refractivity contribution in [2.75, 3.05) is 6.67 Å². The lowest BCUT2D eigenvalue weighted by Gasteiger charge is -2.12. The van der Waals surface area contributed by atoms with E-state index in [-0.39, 0.29) is 12.2 Å². The van der Waals surface area contributed by atoms with Gasteiger partial charge in [-0.1, -0.05) is 6.07 Å². The molecular weight excluding hydrogens is 225 g/mol. The Bertz CT molecular complexity index is 395. The standard InChI is InChI=1S/C12H16FNO3/c13-5-1-2-8-6-10(15)4-3-9(8)7-11(14)12(16)17/h3-4,6,11,15H,1-2,5,7,14H2,(H,16,17)/t11-/m0/s1. The summed E-state index contributed by atoms with van der Waals surface area (Å²) in [6.45, 7) is -0.444. The van der Waals surface area contributed by atoms with Crippen LogP contribution in [0.25, 0.3) is 0 Å². The summed E-state index contributed by atoms with van der Waals surface area (Å²) in [7, 11) is 0. The Balaban J connectivity index is 2.85. The summed E-state index contributed by atoms with van der Waals surface area (Å²) < 4.78 is 12.1. The van der Waals surface area contributed by atoms with E-state index < -0.39 is 18.7 Å². The number of alkyl halides is 1. The highest BCUT2D eigenvalue weighted by Crippen LogP contribution is 2.19. The molecule has 0 aliphatic heterocycles. The fraction of sp³-hybridized carbons (Fsp3) is 0.417. The van der Waals surface area contributed by atoms with Gasteiger partial charge in [-0.2, -0.15) is 0 Å². The van der Waals surface area contributed by atoms with Crippen LogP contribution in [0.5, 0.6) is 5.75 Å². The highest BCUT2D eigenvalue weighted by molar-refractivity contribution is 5.73. The number of hydrogen-bond acceptors (Lipinski definition) is 3. The number of hydrogen-bond donors (Lipinski definition) is 3. The van der Waals surface area contributed by atoms with Crippen LogP contribution in [0.1, 0.15) is 17.5 Å². The van der Waals surface area contributed by atoms with Crippen molar-refractivity contribution in [3.63, 3.8) is 0 Å². The zero-order valence-corrected chi connectivity index (χ0v) is 9.40. The van der Waals surface area contributed by atoms with E-state index in [0.717, 1.165) is 11.1 Å². The molecule has 0 aliphatic rings.